The van der Waals surface area contributed by atoms with Crippen LogP contribution in [0.25, 0.3) is 16.9 Å². The number of nitrogens with one attached hydrogen (secondary N) is 1. The van der Waals surface area contributed by atoms with E-state index in [1.807, 2.05) is 18.2 Å². The molecule has 3 amide bonds. The van der Waals surface area contributed by atoms with Crippen LogP contribution in [-0.4, -0.2) is 57.9 Å². The molecule has 3 heterocycles. The lowest BCUT2D eigenvalue weighted by atomic mass is 10.0. The molecule has 3 aromatic rings. The summed E-state index contributed by atoms with van der Waals surface area (Å²) in [6.45, 7) is 0.297. The van der Waals surface area contributed by atoms with E-state index in [4.69, 9.17) is 9.47 Å². The van der Waals surface area contributed by atoms with E-state index in [1.165, 1.54) is 4.90 Å². The summed E-state index contributed by atoms with van der Waals surface area (Å²) in [5.41, 5.74) is 3.55. The van der Waals surface area contributed by atoms with E-state index in [2.05, 4.69) is 15.6 Å². The van der Waals surface area contributed by atoms with Gasteiger partial charge in [-0.3, -0.25) is 19.7 Å². The fraction of sp³-hybridized carbons (Fsp3) is 0.261. The monoisotopic (exact) mass is 447 g/mol. The third-order valence-corrected chi connectivity index (χ3v) is 5.94. The first-order valence-electron chi connectivity index (χ1n) is 10.4. The van der Waals surface area contributed by atoms with Crippen molar-refractivity contribution in [2.45, 2.75) is 25.4 Å². The number of methoxy groups -OCH3 is 2. The van der Waals surface area contributed by atoms with Gasteiger partial charge in [0.15, 0.2) is 11.5 Å². The summed E-state index contributed by atoms with van der Waals surface area (Å²) in [6.07, 6.45) is 2.34. The van der Waals surface area contributed by atoms with Crippen LogP contribution in [0.5, 0.6) is 11.5 Å². The molecule has 168 valence electrons. The van der Waals surface area contributed by atoms with E-state index >= 15 is 0 Å². The lowest BCUT2D eigenvalue weighted by molar-refractivity contribution is -0.136. The minimum Gasteiger partial charge on any atom is -0.493 e. The van der Waals surface area contributed by atoms with E-state index in [0.29, 0.717) is 35.7 Å². The molecule has 2 aromatic carbocycles. The highest BCUT2D eigenvalue weighted by molar-refractivity contribution is 6.05. The number of aromatic nitrogens is 3. The molecule has 1 saturated heterocycles. The topological polar surface area (TPSA) is 116 Å². The van der Waals surface area contributed by atoms with Crippen LogP contribution >= 0.6 is 0 Å². The predicted octanol–water partition coefficient (Wildman–Crippen LogP) is 1.71. The Hall–Kier alpha value is -4.21. The number of fused-ring (bicyclic) bond motifs is 1. The van der Waals surface area contributed by atoms with Crippen molar-refractivity contribution in [3.63, 3.8) is 0 Å². The fourth-order valence-corrected chi connectivity index (χ4v) is 4.22. The summed E-state index contributed by atoms with van der Waals surface area (Å²) in [5, 5.41) is 10.8. The first-order chi connectivity index (χ1) is 16.0. The molecule has 0 bridgehead atoms. The largest absolute Gasteiger partial charge is 0.493 e. The molecule has 10 heteroatoms. The number of hydrogen-bond donors (Lipinski definition) is 1. The number of carbonyl (C=O) groups excluding carboxylic acids is 3. The van der Waals surface area contributed by atoms with Gasteiger partial charge in [0.25, 0.3) is 5.91 Å². The Bertz CT molecular complexity index is 1280. The van der Waals surface area contributed by atoms with Gasteiger partial charge in [-0.2, -0.15) is 0 Å². The van der Waals surface area contributed by atoms with Crippen LogP contribution in [0.4, 0.5) is 0 Å². The molecular formula is C23H21N5O5. The van der Waals surface area contributed by atoms with Crippen LogP contribution in [-0.2, 0) is 16.1 Å². The molecule has 1 atom stereocenters. The Morgan fingerprint density at radius 3 is 2.61 bits per heavy atom. The van der Waals surface area contributed by atoms with Gasteiger partial charge in [0, 0.05) is 24.1 Å². The molecule has 0 aliphatic carbocycles. The standard InChI is InChI=1S/C23H21N5O5/c1-32-19-7-3-13(10-20(19)33-2)17-12-28(26-25-17)15-4-5-16-14(9-15)11-27(23(16)31)18-6-8-21(29)24-22(18)30/h3-5,7,9-10,12,18H,6,8,11H2,1-2H3,(H,24,29,30). The summed E-state index contributed by atoms with van der Waals surface area (Å²) in [4.78, 5) is 38.1. The SMILES string of the molecule is COc1ccc(-c2cn(-c3ccc4c(c3)CN(C3CCC(=O)NC3=O)C4=O)nn2)cc1OC. The highest BCUT2D eigenvalue weighted by atomic mass is 16.5. The summed E-state index contributed by atoms with van der Waals surface area (Å²) in [5.74, 6) is 0.268. The second kappa shape index (κ2) is 8.05. The van der Waals surface area contributed by atoms with Crippen molar-refractivity contribution >= 4 is 17.7 Å². The van der Waals surface area contributed by atoms with Gasteiger partial charge >= 0.3 is 0 Å². The van der Waals surface area contributed by atoms with E-state index in [-0.39, 0.29) is 18.2 Å². The van der Waals surface area contributed by atoms with Gasteiger partial charge in [0.2, 0.25) is 11.8 Å². The number of ether oxygens (including phenoxy) is 2. The first kappa shape index (κ1) is 20.7. The smallest absolute Gasteiger partial charge is 0.255 e. The number of imide groups is 1. The Kier molecular flexibility index (Phi) is 5.04. The van der Waals surface area contributed by atoms with Crippen molar-refractivity contribution in [2.75, 3.05) is 14.2 Å². The van der Waals surface area contributed by atoms with Crippen molar-refractivity contribution < 1.29 is 23.9 Å². The van der Waals surface area contributed by atoms with E-state index in [0.717, 1.165) is 16.8 Å². The molecule has 1 fully saturated rings. The zero-order valence-corrected chi connectivity index (χ0v) is 18.1. The van der Waals surface area contributed by atoms with Crippen LogP contribution in [0.1, 0.15) is 28.8 Å². The van der Waals surface area contributed by atoms with Crippen molar-refractivity contribution in [3.8, 4) is 28.4 Å². The molecule has 0 radical (unpaired) electrons. The van der Waals surface area contributed by atoms with Crippen molar-refractivity contribution in [3.05, 3.63) is 53.7 Å². The first-order valence-corrected chi connectivity index (χ1v) is 10.4. The van der Waals surface area contributed by atoms with Gasteiger partial charge in [-0.25, -0.2) is 4.68 Å². The predicted molar refractivity (Wildman–Crippen MR) is 116 cm³/mol. The van der Waals surface area contributed by atoms with Gasteiger partial charge in [-0.15, -0.1) is 5.10 Å². The van der Waals surface area contributed by atoms with E-state index in [1.54, 1.807) is 43.3 Å². The number of benzene rings is 2. The van der Waals surface area contributed by atoms with Gasteiger partial charge in [0.05, 0.1) is 26.1 Å². The Morgan fingerprint density at radius 2 is 1.85 bits per heavy atom. The summed E-state index contributed by atoms with van der Waals surface area (Å²) < 4.78 is 12.3. The quantitative estimate of drug-likeness (QED) is 0.592. The number of nitrogens with zero attached hydrogens (tertiary/aromatic N) is 4. The minimum absolute atomic E-state index is 0.212. The molecular weight excluding hydrogens is 426 g/mol. The van der Waals surface area contributed by atoms with Crippen LogP contribution in [0.3, 0.4) is 0 Å². The molecule has 5 rings (SSSR count). The molecule has 1 aromatic heterocycles. The number of carbonyl (C=O) groups is 3. The van der Waals surface area contributed by atoms with Gasteiger partial charge < -0.3 is 14.4 Å². The number of rotatable bonds is 5. The molecule has 1 N–H and O–H groups in total. The van der Waals surface area contributed by atoms with Crippen molar-refractivity contribution in [1.29, 1.82) is 0 Å². The van der Waals surface area contributed by atoms with Crippen molar-refractivity contribution in [2.24, 2.45) is 0 Å². The molecule has 0 saturated carbocycles. The lowest BCUT2D eigenvalue weighted by Crippen LogP contribution is -2.52. The van der Waals surface area contributed by atoms with Crippen LogP contribution in [0.2, 0.25) is 0 Å². The van der Waals surface area contributed by atoms with Crippen LogP contribution in [0.15, 0.2) is 42.6 Å². The Morgan fingerprint density at radius 1 is 1.03 bits per heavy atom. The maximum Gasteiger partial charge on any atom is 0.255 e. The number of piperidine rings is 1. The zero-order valence-electron chi connectivity index (χ0n) is 18.1. The van der Waals surface area contributed by atoms with Crippen LogP contribution < -0.4 is 14.8 Å². The fourth-order valence-electron chi connectivity index (χ4n) is 4.22. The highest BCUT2D eigenvalue weighted by Crippen LogP contribution is 2.32. The molecule has 2 aliphatic heterocycles. The molecule has 2 aliphatic rings. The summed E-state index contributed by atoms with van der Waals surface area (Å²) >= 11 is 0. The normalized spacial score (nSPS) is 17.7. The van der Waals surface area contributed by atoms with Gasteiger partial charge in [0.1, 0.15) is 11.7 Å². The highest BCUT2D eigenvalue weighted by Gasteiger charge is 2.39. The average molecular weight is 447 g/mol. The molecule has 10 nitrogen and oxygen atoms in total. The van der Waals surface area contributed by atoms with Gasteiger partial charge in [-0.1, -0.05) is 5.21 Å². The zero-order chi connectivity index (χ0) is 23.1. The molecule has 33 heavy (non-hydrogen) atoms. The van der Waals surface area contributed by atoms with Crippen molar-refractivity contribution in [1.82, 2.24) is 25.2 Å². The number of amides is 3. The summed E-state index contributed by atoms with van der Waals surface area (Å²) in [6, 6.07) is 10.2. The second-order valence-corrected chi connectivity index (χ2v) is 7.86. The Balaban J connectivity index is 1.40. The van der Waals surface area contributed by atoms with E-state index in [9.17, 15) is 14.4 Å². The van der Waals surface area contributed by atoms with Crippen LogP contribution in [0, 0.1) is 0 Å². The van der Waals surface area contributed by atoms with E-state index < -0.39 is 11.9 Å². The second-order valence-electron chi connectivity index (χ2n) is 7.86. The third kappa shape index (κ3) is 3.59. The molecule has 1 unspecified atom stereocenters. The Labute approximate surface area is 189 Å². The number of hydrogen-bond acceptors (Lipinski definition) is 7. The molecule has 0 spiro atoms. The average Bonchev–Trinajstić information content (AvgIpc) is 3.44. The lowest BCUT2D eigenvalue weighted by Gasteiger charge is -2.29. The summed E-state index contributed by atoms with van der Waals surface area (Å²) in [7, 11) is 3.15. The minimum atomic E-state index is -0.644. The van der Waals surface area contributed by atoms with Gasteiger partial charge in [-0.05, 0) is 48.4 Å². The maximum absolute atomic E-state index is 12.9. The third-order valence-electron chi connectivity index (χ3n) is 5.94. The maximum atomic E-state index is 12.9.